The van der Waals surface area contributed by atoms with Crippen molar-refractivity contribution in [3.63, 3.8) is 0 Å². The fraction of sp³-hybridized carbons (Fsp3) is 0.464. The van der Waals surface area contributed by atoms with Gasteiger partial charge in [0.15, 0.2) is 23.9 Å². The molecule has 194 valence electrons. The Bertz CT molecular complexity index is 1310. The highest BCUT2D eigenvalue weighted by Crippen LogP contribution is 2.41. The van der Waals surface area contributed by atoms with E-state index in [0.717, 1.165) is 59.7 Å². The van der Waals surface area contributed by atoms with Crippen molar-refractivity contribution in [3.05, 3.63) is 42.2 Å². The molecule has 0 radical (unpaired) electrons. The van der Waals surface area contributed by atoms with Crippen molar-refractivity contribution in [2.75, 3.05) is 37.0 Å². The van der Waals surface area contributed by atoms with Gasteiger partial charge in [-0.3, -0.25) is 9.78 Å². The van der Waals surface area contributed by atoms with Crippen molar-refractivity contribution in [1.29, 1.82) is 0 Å². The van der Waals surface area contributed by atoms with Gasteiger partial charge in [0.05, 0.1) is 36.7 Å². The van der Waals surface area contributed by atoms with E-state index in [1.54, 1.807) is 7.11 Å². The van der Waals surface area contributed by atoms with Gasteiger partial charge in [0.1, 0.15) is 11.9 Å². The molecule has 1 aliphatic carbocycles. The lowest BCUT2D eigenvalue weighted by Crippen LogP contribution is -2.43. The van der Waals surface area contributed by atoms with Gasteiger partial charge in [0, 0.05) is 24.5 Å². The second kappa shape index (κ2) is 10.0. The monoisotopic (exact) mass is 503 g/mol. The van der Waals surface area contributed by atoms with Crippen LogP contribution in [0.25, 0.3) is 10.9 Å². The van der Waals surface area contributed by atoms with E-state index in [1.807, 2.05) is 30.5 Å². The highest BCUT2D eigenvalue weighted by molar-refractivity contribution is 5.96. The summed E-state index contributed by atoms with van der Waals surface area (Å²) in [5.41, 5.74) is 3.00. The maximum Gasteiger partial charge on any atom is 0.263 e. The fourth-order valence-corrected chi connectivity index (χ4v) is 5.71. The smallest absolute Gasteiger partial charge is 0.263 e. The van der Waals surface area contributed by atoms with Crippen molar-refractivity contribution >= 4 is 28.3 Å². The molecule has 0 bridgehead atoms. The van der Waals surface area contributed by atoms with Gasteiger partial charge in [0.25, 0.3) is 5.91 Å². The molecule has 0 saturated heterocycles. The summed E-state index contributed by atoms with van der Waals surface area (Å²) in [5, 5.41) is 7.53. The van der Waals surface area contributed by atoms with Crippen LogP contribution in [-0.2, 0) is 11.3 Å². The molecule has 1 atom stereocenters. The number of carbonyl (C=O) groups is 1. The van der Waals surface area contributed by atoms with Crippen LogP contribution in [0.1, 0.15) is 38.3 Å². The Hall–Kier alpha value is -3.59. The van der Waals surface area contributed by atoms with E-state index in [0.29, 0.717) is 30.1 Å². The Morgan fingerprint density at radius 1 is 1.16 bits per heavy atom. The molecule has 0 spiro atoms. The van der Waals surface area contributed by atoms with Crippen molar-refractivity contribution in [2.24, 2.45) is 5.92 Å². The number of hydrogen-bond donors (Lipinski definition) is 2. The molecule has 9 heteroatoms. The minimum absolute atomic E-state index is 0.0474. The van der Waals surface area contributed by atoms with Gasteiger partial charge >= 0.3 is 0 Å². The SMILES string of the molecule is COc1ccc2ncc3c(c2c1)N(CC1CCC(NCc2ccc4c(n2)NC(=O)CO4)CC1)CC(C)O3. The largest absolute Gasteiger partial charge is 0.497 e. The van der Waals surface area contributed by atoms with Crippen LogP contribution < -0.4 is 29.7 Å². The molecule has 1 unspecified atom stereocenters. The number of ether oxygens (including phenoxy) is 3. The highest BCUT2D eigenvalue weighted by Gasteiger charge is 2.30. The molecule has 1 saturated carbocycles. The number of nitrogens with one attached hydrogen (secondary N) is 2. The number of anilines is 2. The minimum Gasteiger partial charge on any atom is -0.497 e. The van der Waals surface area contributed by atoms with Gasteiger partial charge in [-0.1, -0.05) is 0 Å². The lowest BCUT2D eigenvalue weighted by Gasteiger charge is -2.39. The molecule has 2 aromatic heterocycles. The predicted octanol–water partition coefficient (Wildman–Crippen LogP) is 3.91. The van der Waals surface area contributed by atoms with Crippen LogP contribution in [0.5, 0.6) is 17.2 Å². The number of rotatable bonds is 6. The lowest BCUT2D eigenvalue weighted by atomic mass is 9.85. The first kappa shape index (κ1) is 23.8. The Balaban J connectivity index is 1.09. The molecule has 2 N–H and O–H groups in total. The Morgan fingerprint density at radius 2 is 2.03 bits per heavy atom. The number of aromatic nitrogens is 2. The molecule has 9 nitrogen and oxygen atoms in total. The Morgan fingerprint density at radius 3 is 2.86 bits per heavy atom. The third kappa shape index (κ3) is 5.00. The topological polar surface area (TPSA) is 97.8 Å². The van der Waals surface area contributed by atoms with Crippen LogP contribution in [0.2, 0.25) is 0 Å². The lowest BCUT2D eigenvalue weighted by molar-refractivity contribution is -0.118. The highest BCUT2D eigenvalue weighted by atomic mass is 16.5. The maximum atomic E-state index is 11.6. The number of pyridine rings is 2. The van der Waals surface area contributed by atoms with Gasteiger partial charge < -0.3 is 29.7 Å². The van der Waals surface area contributed by atoms with Crippen molar-refractivity contribution in [1.82, 2.24) is 15.3 Å². The van der Waals surface area contributed by atoms with Crippen LogP contribution in [0, 0.1) is 5.92 Å². The summed E-state index contributed by atoms with van der Waals surface area (Å²) < 4.78 is 17.1. The normalized spacial score (nSPS) is 22.9. The average Bonchev–Trinajstić information content (AvgIpc) is 2.91. The zero-order valence-corrected chi connectivity index (χ0v) is 21.3. The quantitative estimate of drug-likeness (QED) is 0.523. The Labute approximate surface area is 216 Å². The zero-order chi connectivity index (χ0) is 25.4. The molecular formula is C28H33N5O4. The summed E-state index contributed by atoms with van der Waals surface area (Å²) in [7, 11) is 1.70. The van der Waals surface area contributed by atoms with E-state index >= 15 is 0 Å². The maximum absolute atomic E-state index is 11.6. The minimum atomic E-state index is -0.163. The van der Waals surface area contributed by atoms with Crippen LogP contribution in [0.3, 0.4) is 0 Å². The zero-order valence-electron chi connectivity index (χ0n) is 21.3. The molecular weight excluding hydrogens is 470 g/mol. The first-order valence-corrected chi connectivity index (χ1v) is 13.1. The third-order valence-electron chi connectivity index (χ3n) is 7.56. The van der Waals surface area contributed by atoms with Crippen LogP contribution >= 0.6 is 0 Å². The van der Waals surface area contributed by atoms with E-state index in [4.69, 9.17) is 14.2 Å². The number of nitrogens with zero attached hydrogens (tertiary/aromatic N) is 3. The van der Waals surface area contributed by atoms with Gasteiger partial charge in [-0.25, -0.2) is 4.98 Å². The number of amides is 1. The number of hydrogen-bond acceptors (Lipinski definition) is 8. The van der Waals surface area contributed by atoms with Crippen molar-refractivity contribution in [3.8, 4) is 17.2 Å². The average molecular weight is 504 g/mol. The first-order chi connectivity index (χ1) is 18.1. The van der Waals surface area contributed by atoms with E-state index in [-0.39, 0.29) is 18.6 Å². The number of fused-ring (bicyclic) bond motifs is 4. The Kier molecular flexibility index (Phi) is 6.46. The van der Waals surface area contributed by atoms with Gasteiger partial charge in [0.2, 0.25) is 0 Å². The summed E-state index contributed by atoms with van der Waals surface area (Å²) in [6.45, 7) is 4.72. The second-order valence-electron chi connectivity index (χ2n) is 10.3. The summed E-state index contributed by atoms with van der Waals surface area (Å²) in [6.07, 6.45) is 6.59. The van der Waals surface area contributed by atoms with Crippen LogP contribution in [-0.4, -0.2) is 54.8 Å². The van der Waals surface area contributed by atoms with Gasteiger partial charge in [-0.05, 0) is 68.9 Å². The summed E-state index contributed by atoms with van der Waals surface area (Å²) >= 11 is 0. The molecule has 37 heavy (non-hydrogen) atoms. The number of methoxy groups -OCH3 is 1. The summed E-state index contributed by atoms with van der Waals surface area (Å²) in [4.78, 5) is 23.3. The molecule has 3 aromatic rings. The molecule has 4 heterocycles. The molecule has 1 fully saturated rings. The summed E-state index contributed by atoms with van der Waals surface area (Å²) in [5.74, 6) is 3.29. The molecule has 3 aliphatic rings. The molecule has 2 aliphatic heterocycles. The molecule has 1 amide bonds. The predicted molar refractivity (Wildman–Crippen MR) is 142 cm³/mol. The van der Waals surface area contributed by atoms with Crippen molar-refractivity contribution < 1.29 is 19.0 Å². The van der Waals surface area contributed by atoms with E-state index in [2.05, 4.69) is 38.5 Å². The van der Waals surface area contributed by atoms with Gasteiger partial charge in [-0.2, -0.15) is 0 Å². The fourth-order valence-electron chi connectivity index (χ4n) is 5.71. The molecule has 6 rings (SSSR count). The standard InChI is InChI=1S/C28H33N5O4/c1-17-14-33(27-22-11-21(35-2)8-9-23(22)30-13-25(27)37-17)15-18-3-5-19(6-4-18)29-12-20-7-10-24-28(31-20)32-26(34)16-36-24/h7-11,13,17-19,29H,3-6,12,14-16H2,1-2H3,(H,31,32,34). The number of benzene rings is 1. The van der Waals surface area contributed by atoms with E-state index in [9.17, 15) is 4.79 Å². The second-order valence-corrected chi connectivity index (χ2v) is 10.3. The van der Waals surface area contributed by atoms with E-state index < -0.39 is 0 Å². The number of carbonyl (C=O) groups excluding carboxylic acids is 1. The van der Waals surface area contributed by atoms with Crippen molar-refractivity contribution in [2.45, 2.75) is 51.3 Å². The summed E-state index contributed by atoms with van der Waals surface area (Å²) in [6, 6.07) is 10.3. The van der Waals surface area contributed by atoms with Crippen LogP contribution in [0.4, 0.5) is 11.5 Å². The van der Waals surface area contributed by atoms with E-state index in [1.165, 1.54) is 12.8 Å². The van der Waals surface area contributed by atoms with Gasteiger partial charge in [-0.15, -0.1) is 0 Å². The first-order valence-electron chi connectivity index (χ1n) is 13.1. The van der Waals surface area contributed by atoms with Crippen LogP contribution in [0.15, 0.2) is 36.5 Å². The third-order valence-corrected chi connectivity index (χ3v) is 7.56. The molecule has 1 aromatic carbocycles.